The van der Waals surface area contributed by atoms with Crippen LogP contribution in [0.25, 0.3) is 0 Å². The van der Waals surface area contributed by atoms with Crippen LogP contribution in [0.1, 0.15) is 33.6 Å². The molecule has 1 aromatic rings. The van der Waals surface area contributed by atoms with E-state index < -0.39 is 0 Å². The smallest absolute Gasteiger partial charge is 0.195 e. The van der Waals surface area contributed by atoms with Gasteiger partial charge in [-0.25, -0.2) is 0 Å². The molecule has 2 N–H and O–H groups in total. The largest absolute Gasteiger partial charge is 0.490 e. The summed E-state index contributed by atoms with van der Waals surface area (Å²) in [6, 6.07) is 5.86. The molecule has 0 radical (unpaired) electrons. The van der Waals surface area contributed by atoms with Crippen LogP contribution in [0.5, 0.6) is 11.5 Å². The second kappa shape index (κ2) is 10.0. The van der Waals surface area contributed by atoms with Gasteiger partial charge in [0.25, 0.3) is 0 Å². The average molecular weight is 335 g/mol. The number of benzene rings is 1. The Labute approximate surface area is 144 Å². The third-order valence-electron chi connectivity index (χ3n) is 3.38. The number of nitrogens with one attached hydrogen (secondary N) is 2. The zero-order chi connectivity index (χ0) is 17.2. The Hall–Kier alpha value is -1.95. The van der Waals surface area contributed by atoms with Crippen LogP contribution in [0.15, 0.2) is 23.2 Å². The van der Waals surface area contributed by atoms with E-state index in [4.69, 9.17) is 14.2 Å². The predicted molar refractivity (Wildman–Crippen MR) is 97.4 cm³/mol. The zero-order valence-corrected chi connectivity index (χ0v) is 14.9. The highest BCUT2D eigenvalue weighted by Gasteiger charge is 2.11. The van der Waals surface area contributed by atoms with Crippen molar-refractivity contribution in [2.45, 2.75) is 39.7 Å². The lowest BCUT2D eigenvalue weighted by atomic mass is 10.3. The number of anilines is 1. The highest BCUT2D eigenvalue weighted by atomic mass is 16.5. The summed E-state index contributed by atoms with van der Waals surface area (Å²) in [5.74, 6) is 2.33. The van der Waals surface area contributed by atoms with Crippen molar-refractivity contribution >= 4 is 11.6 Å². The Morgan fingerprint density at radius 3 is 2.79 bits per heavy atom. The van der Waals surface area contributed by atoms with Gasteiger partial charge in [0.1, 0.15) is 0 Å². The van der Waals surface area contributed by atoms with E-state index in [0.717, 1.165) is 49.1 Å². The number of nitrogens with zero attached hydrogens (tertiary/aromatic N) is 1. The number of hydrogen-bond donors (Lipinski definition) is 2. The molecule has 6 nitrogen and oxygen atoms in total. The predicted octanol–water partition coefficient (Wildman–Crippen LogP) is 3.04. The molecule has 0 spiro atoms. The van der Waals surface area contributed by atoms with Gasteiger partial charge in [-0.15, -0.1) is 0 Å². The highest BCUT2D eigenvalue weighted by Crippen LogP contribution is 2.32. The van der Waals surface area contributed by atoms with Crippen molar-refractivity contribution < 1.29 is 14.2 Å². The molecule has 1 heterocycles. The van der Waals surface area contributed by atoms with Crippen LogP contribution >= 0.6 is 0 Å². The van der Waals surface area contributed by atoms with E-state index in [1.807, 2.05) is 39.0 Å². The minimum Gasteiger partial charge on any atom is -0.490 e. The first-order chi connectivity index (χ1) is 11.7. The summed E-state index contributed by atoms with van der Waals surface area (Å²) >= 11 is 0. The van der Waals surface area contributed by atoms with Gasteiger partial charge >= 0.3 is 0 Å². The minimum absolute atomic E-state index is 0.266. The van der Waals surface area contributed by atoms with Crippen molar-refractivity contribution in [3.63, 3.8) is 0 Å². The average Bonchev–Trinajstić information content (AvgIpc) is 2.79. The van der Waals surface area contributed by atoms with Gasteiger partial charge < -0.3 is 24.8 Å². The Bertz CT molecular complexity index is 532. The van der Waals surface area contributed by atoms with Gasteiger partial charge in [-0.2, -0.15) is 0 Å². The van der Waals surface area contributed by atoms with Crippen LogP contribution in [0.3, 0.4) is 0 Å². The lowest BCUT2D eigenvalue weighted by Gasteiger charge is -2.14. The van der Waals surface area contributed by atoms with Crippen molar-refractivity contribution in [3.8, 4) is 11.5 Å². The lowest BCUT2D eigenvalue weighted by molar-refractivity contribution is 0.0783. The maximum absolute atomic E-state index is 5.72. The Balaban J connectivity index is 1.93. The summed E-state index contributed by atoms with van der Waals surface area (Å²) < 4.78 is 16.9. The molecule has 0 bridgehead atoms. The number of aliphatic imine (C=N–C) groups is 1. The molecule has 0 aromatic heterocycles. The molecule has 0 amide bonds. The molecule has 1 aliphatic rings. The first-order valence-electron chi connectivity index (χ1n) is 8.75. The van der Waals surface area contributed by atoms with Gasteiger partial charge in [-0.1, -0.05) is 0 Å². The monoisotopic (exact) mass is 335 g/mol. The molecule has 0 saturated heterocycles. The van der Waals surface area contributed by atoms with Crippen molar-refractivity contribution in [2.24, 2.45) is 4.99 Å². The van der Waals surface area contributed by atoms with Crippen LogP contribution in [0.4, 0.5) is 5.69 Å². The fourth-order valence-electron chi connectivity index (χ4n) is 2.26. The van der Waals surface area contributed by atoms with Crippen LogP contribution < -0.4 is 20.1 Å². The van der Waals surface area contributed by atoms with E-state index in [-0.39, 0.29) is 6.10 Å². The van der Waals surface area contributed by atoms with Gasteiger partial charge in [-0.05, 0) is 39.3 Å². The van der Waals surface area contributed by atoms with Gasteiger partial charge in [0.05, 0.1) is 19.3 Å². The van der Waals surface area contributed by atoms with Gasteiger partial charge in [0.15, 0.2) is 17.5 Å². The van der Waals surface area contributed by atoms with Crippen molar-refractivity contribution in [1.29, 1.82) is 0 Å². The van der Waals surface area contributed by atoms with Crippen LogP contribution in [-0.4, -0.2) is 45.0 Å². The summed E-state index contributed by atoms with van der Waals surface area (Å²) in [5, 5.41) is 6.56. The Kier molecular flexibility index (Phi) is 7.68. The molecule has 2 rings (SSSR count). The van der Waals surface area contributed by atoms with E-state index in [1.54, 1.807) is 0 Å². The molecule has 1 aromatic carbocycles. The first kappa shape index (κ1) is 18.4. The molecule has 6 heteroatoms. The third-order valence-corrected chi connectivity index (χ3v) is 3.38. The van der Waals surface area contributed by atoms with Crippen LogP contribution in [0.2, 0.25) is 0 Å². The topological polar surface area (TPSA) is 64.1 Å². The Morgan fingerprint density at radius 2 is 2.04 bits per heavy atom. The molecule has 134 valence electrons. The maximum Gasteiger partial charge on any atom is 0.195 e. The zero-order valence-electron chi connectivity index (χ0n) is 14.9. The van der Waals surface area contributed by atoms with E-state index in [2.05, 4.69) is 15.6 Å². The van der Waals surface area contributed by atoms with E-state index >= 15 is 0 Å². The van der Waals surface area contributed by atoms with Crippen LogP contribution in [0, 0.1) is 0 Å². The first-order valence-corrected chi connectivity index (χ1v) is 8.75. The van der Waals surface area contributed by atoms with Crippen LogP contribution in [-0.2, 0) is 4.74 Å². The second-order valence-electron chi connectivity index (χ2n) is 5.87. The fraction of sp³-hybridized carbons (Fsp3) is 0.611. The molecule has 0 fully saturated rings. The highest BCUT2D eigenvalue weighted by molar-refractivity contribution is 5.93. The summed E-state index contributed by atoms with van der Waals surface area (Å²) in [5.41, 5.74) is 0.928. The summed E-state index contributed by atoms with van der Waals surface area (Å²) in [6.45, 7) is 9.75. The lowest BCUT2D eigenvalue weighted by Crippen LogP contribution is -2.30. The standard InChI is InChI=1S/C18H29N3O3/c1-4-19-18(20-9-5-10-22-14(2)3)21-15-7-8-16-17(13-15)24-12-6-11-23-16/h7-8,13-14H,4-6,9-12H2,1-3H3,(H2,19,20,21). The Morgan fingerprint density at radius 1 is 1.25 bits per heavy atom. The fourth-order valence-corrected chi connectivity index (χ4v) is 2.26. The molecule has 0 aliphatic carbocycles. The van der Waals surface area contributed by atoms with Gasteiger partial charge in [-0.3, -0.25) is 4.99 Å². The summed E-state index contributed by atoms with van der Waals surface area (Å²) in [6.07, 6.45) is 2.07. The maximum atomic E-state index is 5.72. The van der Waals surface area contributed by atoms with Gasteiger partial charge in [0.2, 0.25) is 0 Å². The quantitative estimate of drug-likeness (QED) is 0.455. The molecule has 0 unspecified atom stereocenters. The number of hydrogen-bond acceptors (Lipinski definition) is 4. The SMILES string of the molecule is CCNC(=NCCCOC(C)C)Nc1ccc2c(c1)OCCCO2. The summed E-state index contributed by atoms with van der Waals surface area (Å²) in [7, 11) is 0. The van der Waals surface area contributed by atoms with Crippen molar-refractivity contribution in [2.75, 3.05) is 38.2 Å². The normalized spacial score (nSPS) is 14.4. The molecular weight excluding hydrogens is 306 g/mol. The summed E-state index contributed by atoms with van der Waals surface area (Å²) in [4.78, 5) is 4.58. The minimum atomic E-state index is 0.266. The number of fused-ring (bicyclic) bond motifs is 1. The van der Waals surface area contributed by atoms with E-state index in [0.29, 0.717) is 19.8 Å². The number of ether oxygens (including phenoxy) is 3. The third kappa shape index (κ3) is 6.28. The molecule has 0 saturated carbocycles. The van der Waals surface area contributed by atoms with E-state index in [1.165, 1.54) is 0 Å². The van der Waals surface area contributed by atoms with Gasteiger partial charge in [0, 0.05) is 37.9 Å². The van der Waals surface area contributed by atoms with Crippen molar-refractivity contribution in [1.82, 2.24) is 5.32 Å². The number of rotatable bonds is 7. The molecule has 0 atom stereocenters. The van der Waals surface area contributed by atoms with E-state index in [9.17, 15) is 0 Å². The molecule has 24 heavy (non-hydrogen) atoms. The second-order valence-corrected chi connectivity index (χ2v) is 5.87. The molecular formula is C18H29N3O3. The van der Waals surface area contributed by atoms with Crippen molar-refractivity contribution in [3.05, 3.63) is 18.2 Å². The number of guanidine groups is 1. The molecule has 1 aliphatic heterocycles.